The van der Waals surface area contributed by atoms with E-state index in [1.54, 1.807) is 38.1 Å². The molecular weight excluding hydrogens is 410 g/mol. The third-order valence-corrected chi connectivity index (χ3v) is 5.79. The van der Waals surface area contributed by atoms with Gasteiger partial charge in [-0.25, -0.2) is 17.9 Å². The number of ether oxygens (including phenoxy) is 3. The third-order valence-electron chi connectivity index (χ3n) is 4.11. The van der Waals surface area contributed by atoms with Gasteiger partial charge in [0.15, 0.2) is 6.10 Å². The molecule has 0 amide bonds. The summed E-state index contributed by atoms with van der Waals surface area (Å²) < 4.78 is 43.0. The van der Waals surface area contributed by atoms with Gasteiger partial charge in [0.2, 0.25) is 15.8 Å². The molecule has 0 saturated heterocycles. The van der Waals surface area contributed by atoms with Crippen LogP contribution in [0.3, 0.4) is 0 Å². The van der Waals surface area contributed by atoms with E-state index in [-0.39, 0.29) is 22.3 Å². The Kier molecular flexibility index (Phi) is 7.58. The summed E-state index contributed by atoms with van der Waals surface area (Å²) in [5, 5.41) is 0. The maximum atomic E-state index is 12.6. The molecule has 0 aliphatic rings. The fourth-order valence-corrected chi connectivity index (χ4v) is 4.11. The van der Waals surface area contributed by atoms with Crippen LogP contribution in [0.4, 0.5) is 0 Å². The number of Topliss-reactive ketones (excluding diaryl/α,β-unsaturated/α-hetero) is 1. The first-order valence-corrected chi connectivity index (χ1v) is 10.7. The molecule has 0 heterocycles. The summed E-state index contributed by atoms with van der Waals surface area (Å²) in [6.07, 6.45) is -1.07. The summed E-state index contributed by atoms with van der Waals surface area (Å²) in [7, 11) is -1.07. The number of rotatable bonds is 9. The van der Waals surface area contributed by atoms with Gasteiger partial charge in [-0.2, -0.15) is 0 Å². The SMILES string of the molecule is COc1ccc(C(=O)C(C)OC(=O)c2ccc(OC)c(S(=O)(=O)NC(C)C)c2)cc1. The Hall–Kier alpha value is -2.91. The first-order valence-electron chi connectivity index (χ1n) is 9.18. The molecule has 0 fully saturated rings. The van der Waals surface area contributed by atoms with Crippen molar-refractivity contribution in [3.8, 4) is 11.5 Å². The standard InChI is InChI=1S/C21H25NO7S/c1-13(2)22-30(25,26)19-12-16(8-11-18(19)28-5)21(24)29-14(3)20(23)15-6-9-17(27-4)10-7-15/h6-14,22H,1-5H3. The molecule has 0 spiro atoms. The van der Waals surface area contributed by atoms with E-state index in [1.807, 2.05) is 0 Å². The number of nitrogens with one attached hydrogen (secondary N) is 1. The summed E-state index contributed by atoms with van der Waals surface area (Å²) in [6.45, 7) is 4.80. The largest absolute Gasteiger partial charge is 0.497 e. The normalized spacial score (nSPS) is 12.3. The van der Waals surface area contributed by atoms with Gasteiger partial charge in [0.25, 0.3) is 0 Å². The molecule has 162 valence electrons. The van der Waals surface area contributed by atoms with Crippen LogP contribution in [0, 0.1) is 0 Å². The minimum atomic E-state index is -3.91. The number of esters is 1. The second kappa shape index (κ2) is 9.73. The van der Waals surface area contributed by atoms with Crippen LogP contribution in [0.15, 0.2) is 47.4 Å². The van der Waals surface area contributed by atoms with Crippen LogP contribution in [0.1, 0.15) is 41.5 Å². The zero-order valence-corrected chi connectivity index (χ0v) is 18.3. The van der Waals surface area contributed by atoms with Gasteiger partial charge in [-0.05, 0) is 63.2 Å². The number of ketones is 1. The van der Waals surface area contributed by atoms with Crippen molar-refractivity contribution < 1.29 is 32.2 Å². The smallest absolute Gasteiger partial charge is 0.338 e. The highest BCUT2D eigenvalue weighted by molar-refractivity contribution is 7.89. The Morgan fingerprint density at radius 1 is 0.900 bits per heavy atom. The number of benzene rings is 2. The average Bonchev–Trinajstić information content (AvgIpc) is 2.71. The van der Waals surface area contributed by atoms with E-state index in [9.17, 15) is 18.0 Å². The van der Waals surface area contributed by atoms with Crippen molar-refractivity contribution in [1.82, 2.24) is 4.72 Å². The number of hydrogen-bond donors (Lipinski definition) is 1. The molecule has 1 N–H and O–H groups in total. The predicted molar refractivity (Wildman–Crippen MR) is 111 cm³/mol. The highest BCUT2D eigenvalue weighted by Gasteiger charge is 2.25. The van der Waals surface area contributed by atoms with Gasteiger partial charge in [-0.1, -0.05) is 0 Å². The van der Waals surface area contributed by atoms with Gasteiger partial charge >= 0.3 is 5.97 Å². The molecule has 9 heteroatoms. The lowest BCUT2D eigenvalue weighted by Gasteiger charge is -2.15. The van der Waals surface area contributed by atoms with E-state index in [1.165, 1.54) is 33.3 Å². The Bertz CT molecular complexity index is 1010. The van der Waals surface area contributed by atoms with Crippen LogP contribution >= 0.6 is 0 Å². The van der Waals surface area contributed by atoms with E-state index >= 15 is 0 Å². The highest BCUT2D eigenvalue weighted by atomic mass is 32.2. The van der Waals surface area contributed by atoms with E-state index in [0.29, 0.717) is 11.3 Å². The van der Waals surface area contributed by atoms with E-state index in [4.69, 9.17) is 14.2 Å². The lowest BCUT2D eigenvalue weighted by Crippen LogP contribution is -2.30. The summed E-state index contributed by atoms with van der Waals surface area (Å²) in [5.41, 5.74) is 0.338. The van der Waals surface area contributed by atoms with Crippen molar-refractivity contribution >= 4 is 21.8 Å². The Balaban J connectivity index is 2.23. The van der Waals surface area contributed by atoms with Crippen molar-refractivity contribution in [2.24, 2.45) is 0 Å². The first-order chi connectivity index (χ1) is 14.1. The summed E-state index contributed by atoms with van der Waals surface area (Å²) >= 11 is 0. The first kappa shape index (κ1) is 23.4. The van der Waals surface area contributed by atoms with E-state index in [2.05, 4.69) is 4.72 Å². The van der Waals surface area contributed by atoms with Crippen molar-refractivity contribution in [3.63, 3.8) is 0 Å². The second-order valence-corrected chi connectivity index (χ2v) is 8.46. The Morgan fingerprint density at radius 2 is 1.50 bits per heavy atom. The molecule has 0 aromatic heterocycles. The Morgan fingerprint density at radius 3 is 2.03 bits per heavy atom. The fourth-order valence-electron chi connectivity index (χ4n) is 2.66. The van der Waals surface area contributed by atoms with Gasteiger partial charge in [0.1, 0.15) is 16.4 Å². The fraction of sp³-hybridized carbons (Fsp3) is 0.333. The van der Waals surface area contributed by atoms with Crippen LogP contribution in [-0.2, 0) is 14.8 Å². The summed E-state index contributed by atoms with van der Waals surface area (Å²) in [6, 6.07) is 9.95. The number of sulfonamides is 1. The molecule has 8 nitrogen and oxygen atoms in total. The predicted octanol–water partition coefficient (Wildman–Crippen LogP) is 2.82. The van der Waals surface area contributed by atoms with E-state index < -0.39 is 27.9 Å². The average molecular weight is 435 g/mol. The topological polar surface area (TPSA) is 108 Å². The van der Waals surface area contributed by atoms with Crippen molar-refractivity contribution in [3.05, 3.63) is 53.6 Å². The van der Waals surface area contributed by atoms with Crippen LogP contribution in [0.25, 0.3) is 0 Å². The number of hydrogen-bond acceptors (Lipinski definition) is 7. The molecule has 0 radical (unpaired) electrons. The van der Waals surface area contributed by atoms with Crippen LogP contribution < -0.4 is 14.2 Å². The van der Waals surface area contributed by atoms with Crippen LogP contribution in [-0.4, -0.2) is 46.5 Å². The highest BCUT2D eigenvalue weighted by Crippen LogP contribution is 2.26. The minimum absolute atomic E-state index is 0.0192. The number of carbonyl (C=O) groups is 2. The maximum absolute atomic E-state index is 12.6. The number of methoxy groups -OCH3 is 2. The maximum Gasteiger partial charge on any atom is 0.338 e. The summed E-state index contributed by atoms with van der Waals surface area (Å²) in [5.74, 6) is -0.540. The number of carbonyl (C=O) groups excluding carboxylic acids is 2. The van der Waals surface area contributed by atoms with Crippen LogP contribution in [0.2, 0.25) is 0 Å². The van der Waals surface area contributed by atoms with Crippen LogP contribution in [0.5, 0.6) is 11.5 Å². The minimum Gasteiger partial charge on any atom is -0.497 e. The lowest BCUT2D eigenvalue weighted by atomic mass is 10.1. The molecule has 30 heavy (non-hydrogen) atoms. The zero-order valence-electron chi connectivity index (χ0n) is 17.5. The zero-order chi connectivity index (χ0) is 22.5. The van der Waals surface area contributed by atoms with E-state index in [0.717, 1.165) is 6.07 Å². The van der Waals surface area contributed by atoms with Crippen molar-refractivity contribution in [2.75, 3.05) is 14.2 Å². The molecule has 2 rings (SSSR count). The molecule has 0 saturated carbocycles. The van der Waals surface area contributed by atoms with Gasteiger partial charge in [0, 0.05) is 11.6 Å². The molecule has 1 unspecified atom stereocenters. The second-order valence-electron chi connectivity index (χ2n) is 6.78. The molecule has 1 atom stereocenters. The molecule has 2 aromatic rings. The molecule has 2 aromatic carbocycles. The molecular formula is C21H25NO7S. The van der Waals surface area contributed by atoms with Crippen molar-refractivity contribution in [1.29, 1.82) is 0 Å². The monoisotopic (exact) mass is 435 g/mol. The van der Waals surface area contributed by atoms with Gasteiger partial charge < -0.3 is 14.2 Å². The molecule has 0 bridgehead atoms. The third kappa shape index (κ3) is 5.58. The lowest BCUT2D eigenvalue weighted by molar-refractivity contribution is 0.0318. The van der Waals surface area contributed by atoms with Crippen molar-refractivity contribution in [2.45, 2.75) is 37.8 Å². The van der Waals surface area contributed by atoms with Gasteiger partial charge in [-0.3, -0.25) is 4.79 Å². The van der Waals surface area contributed by atoms with Gasteiger partial charge in [0.05, 0.1) is 19.8 Å². The summed E-state index contributed by atoms with van der Waals surface area (Å²) in [4.78, 5) is 24.9. The molecule has 0 aliphatic heterocycles. The molecule has 0 aliphatic carbocycles. The quantitative estimate of drug-likeness (QED) is 0.477. The van der Waals surface area contributed by atoms with Gasteiger partial charge in [-0.15, -0.1) is 0 Å². The Labute approximate surface area is 176 Å².